The number of β-amino-alcohol motifs (C(OH)–C–C–N with tert-alkyl or cyclic N) is 1. The average molecular weight is 467 g/mol. The molecule has 2 fully saturated rings. The Kier molecular flexibility index (Phi) is 7.54. The maximum Gasteiger partial charge on any atom is 0.260 e. The minimum Gasteiger partial charge on any atom is -0.484 e. The highest BCUT2D eigenvalue weighted by atomic mass is 16.5. The number of aliphatic hydroxyl groups is 1. The second-order valence-corrected chi connectivity index (χ2v) is 8.87. The zero-order chi connectivity index (χ0) is 24.1. The standard InChI is InChI=1S/C25H30N4O5/c26-13-17-2-1-3-20(12-17)18-8-10-28(11-9-18)25(32)19-4-6-21(7-5-19)34-16-24(31)29-14-22(27-33)23(30)15-29/h1-7,12,18,22-23,30H,8-11,13-16,26H2/t22-,23+/m1/s1. The van der Waals surface area contributed by atoms with Gasteiger partial charge in [0.05, 0.1) is 6.10 Å². The lowest BCUT2D eigenvalue weighted by Gasteiger charge is -2.32. The number of nitrogens with two attached hydrogens (primary N) is 1. The highest BCUT2D eigenvalue weighted by molar-refractivity contribution is 5.94. The first kappa shape index (κ1) is 23.8. The van der Waals surface area contributed by atoms with Crippen molar-refractivity contribution in [3.8, 4) is 5.75 Å². The average Bonchev–Trinajstić information content (AvgIpc) is 3.28. The second kappa shape index (κ2) is 10.8. The van der Waals surface area contributed by atoms with Crippen molar-refractivity contribution < 1.29 is 19.4 Å². The third-order valence-corrected chi connectivity index (χ3v) is 6.65. The number of nitroso groups, excluding NO2 is 1. The third-order valence-electron chi connectivity index (χ3n) is 6.65. The quantitative estimate of drug-likeness (QED) is 0.600. The van der Waals surface area contributed by atoms with Crippen LogP contribution < -0.4 is 10.5 Å². The lowest BCUT2D eigenvalue weighted by molar-refractivity contribution is -0.132. The molecule has 180 valence electrons. The molecule has 0 spiro atoms. The van der Waals surface area contributed by atoms with Crippen molar-refractivity contribution in [3.63, 3.8) is 0 Å². The van der Waals surface area contributed by atoms with Crippen LogP contribution in [-0.2, 0) is 11.3 Å². The number of hydrogen-bond donors (Lipinski definition) is 2. The van der Waals surface area contributed by atoms with Gasteiger partial charge < -0.3 is 25.4 Å². The molecule has 2 aliphatic heterocycles. The van der Waals surface area contributed by atoms with E-state index in [4.69, 9.17) is 10.5 Å². The molecule has 0 saturated carbocycles. The van der Waals surface area contributed by atoms with Crippen LogP contribution in [0.25, 0.3) is 0 Å². The number of hydrogen-bond acceptors (Lipinski definition) is 7. The van der Waals surface area contributed by atoms with E-state index in [1.807, 2.05) is 17.0 Å². The number of aliphatic hydroxyl groups excluding tert-OH is 1. The maximum absolute atomic E-state index is 12.9. The predicted octanol–water partition coefficient (Wildman–Crippen LogP) is 1.88. The Balaban J connectivity index is 1.26. The van der Waals surface area contributed by atoms with E-state index in [1.165, 1.54) is 10.5 Å². The Morgan fingerprint density at radius 1 is 1.06 bits per heavy atom. The van der Waals surface area contributed by atoms with Crippen molar-refractivity contribution in [1.29, 1.82) is 0 Å². The Labute approximate surface area is 198 Å². The molecular weight excluding hydrogens is 436 g/mol. The molecule has 0 aliphatic carbocycles. The SMILES string of the molecule is NCc1cccc(C2CCN(C(=O)c3ccc(OCC(=O)N4C[C@H](O)[C@H](N=O)C4)cc3)CC2)c1. The number of amides is 2. The molecule has 0 radical (unpaired) electrons. The first-order valence-corrected chi connectivity index (χ1v) is 11.6. The fourth-order valence-electron chi connectivity index (χ4n) is 4.58. The monoisotopic (exact) mass is 466 g/mol. The van der Waals surface area contributed by atoms with Gasteiger partial charge in [-0.3, -0.25) is 9.59 Å². The minimum atomic E-state index is -0.937. The summed E-state index contributed by atoms with van der Waals surface area (Å²) in [5.74, 6) is 0.548. The third kappa shape index (κ3) is 5.43. The van der Waals surface area contributed by atoms with Crippen molar-refractivity contribution in [2.45, 2.75) is 37.5 Å². The Hall–Kier alpha value is -3.30. The van der Waals surface area contributed by atoms with Gasteiger partial charge in [0.25, 0.3) is 11.8 Å². The van der Waals surface area contributed by atoms with E-state index < -0.39 is 12.1 Å². The normalized spacial score (nSPS) is 20.9. The molecule has 0 bridgehead atoms. The molecule has 3 N–H and O–H groups in total. The highest BCUT2D eigenvalue weighted by Crippen LogP contribution is 2.29. The lowest BCUT2D eigenvalue weighted by Crippen LogP contribution is -2.37. The molecule has 2 amide bonds. The summed E-state index contributed by atoms with van der Waals surface area (Å²) in [6.07, 6.45) is 0.886. The summed E-state index contributed by atoms with van der Waals surface area (Å²) >= 11 is 0. The molecule has 2 aromatic carbocycles. The molecule has 34 heavy (non-hydrogen) atoms. The van der Waals surface area contributed by atoms with Gasteiger partial charge in [-0.05, 0) is 54.2 Å². The van der Waals surface area contributed by atoms with E-state index in [1.54, 1.807) is 24.3 Å². The van der Waals surface area contributed by atoms with E-state index in [2.05, 4.69) is 17.3 Å². The topological polar surface area (TPSA) is 126 Å². The molecule has 2 aromatic rings. The van der Waals surface area contributed by atoms with Crippen LogP contribution in [-0.4, -0.2) is 71.7 Å². The first-order chi connectivity index (χ1) is 16.5. The van der Waals surface area contributed by atoms with Crippen LogP contribution in [0.4, 0.5) is 0 Å². The van der Waals surface area contributed by atoms with Crippen LogP contribution in [0.3, 0.4) is 0 Å². The van der Waals surface area contributed by atoms with Crippen LogP contribution in [0.2, 0.25) is 0 Å². The van der Waals surface area contributed by atoms with Crippen LogP contribution >= 0.6 is 0 Å². The molecule has 2 heterocycles. The summed E-state index contributed by atoms with van der Waals surface area (Å²) < 4.78 is 5.53. The summed E-state index contributed by atoms with van der Waals surface area (Å²) in [6, 6.07) is 14.3. The van der Waals surface area contributed by atoms with E-state index >= 15 is 0 Å². The van der Waals surface area contributed by atoms with Gasteiger partial charge in [0.1, 0.15) is 11.8 Å². The first-order valence-electron chi connectivity index (χ1n) is 11.6. The number of ether oxygens (including phenoxy) is 1. The number of rotatable bonds is 7. The van der Waals surface area contributed by atoms with Crippen LogP contribution in [0.15, 0.2) is 53.7 Å². The summed E-state index contributed by atoms with van der Waals surface area (Å²) in [4.78, 5) is 39.1. The lowest BCUT2D eigenvalue weighted by atomic mass is 9.88. The molecule has 2 saturated heterocycles. The summed E-state index contributed by atoms with van der Waals surface area (Å²) in [6.45, 7) is 1.86. The minimum absolute atomic E-state index is 0.0183. The number of likely N-dealkylation sites (tertiary alicyclic amines) is 2. The van der Waals surface area contributed by atoms with E-state index in [0.29, 0.717) is 36.9 Å². The summed E-state index contributed by atoms with van der Waals surface area (Å²) in [5.41, 5.74) is 8.74. The molecule has 2 aliphatic rings. The van der Waals surface area contributed by atoms with Crippen molar-refractivity contribution in [1.82, 2.24) is 9.80 Å². The number of piperidine rings is 1. The fourth-order valence-corrected chi connectivity index (χ4v) is 4.58. The van der Waals surface area contributed by atoms with E-state index in [-0.39, 0.29) is 31.5 Å². The molecule has 9 heteroatoms. The smallest absolute Gasteiger partial charge is 0.260 e. The van der Waals surface area contributed by atoms with Crippen molar-refractivity contribution in [3.05, 3.63) is 70.1 Å². The second-order valence-electron chi connectivity index (χ2n) is 8.87. The predicted molar refractivity (Wildman–Crippen MR) is 126 cm³/mol. The summed E-state index contributed by atoms with van der Waals surface area (Å²) in [7, 11) is 0. The van der Waals surface area contributed by atoms with Gasteiger partial charge in [-0.25, -0.2) is 0 Å². The molecular formula is C25H30N4O5. The van der Waals surface area contributed by atoms with Gasteiger partial charge in [0.15, 0.2) is 6.61 Å². The van der Waals surface area contributed by atoms with Crippen LogP contribution in [0, 0.1) is 4.91 Å². The summed E-state index contributed by atoms with van der Waals surface area (Å²) in [5, 5.41) is 12.5. The van der Waals surface area contributed by atoms with Crippen LogP contribution in [0.1, 0.15) is 40.2 Å². The van der Waals surface area contributed by atoms with Gasteiger partial charge in [-0.1, -0.05) is 29.4 Å². The van der Waals surface area contributed by atoms with E-state index in [0.717, 1.165) is 18.4 Å². The molecule has 9 nitrogen and oxygen atoms in total. The fraction of sp³-hybridized carbons (Fsp3) is 0.440. The number of carbonyl (C=O) groups is 2. The molecule has 2 atom stereocenters. The number of nitrogens with zero attached hydrogens (tertiary/aromatic N) is 3. The van der Waals surface area contributed by atoms with Crippen LogP contribution in [0.5, 0.6) is 5.75 Å². The van der Waals surface area contributed by atoms with Gasteiger partial charge >= 0.3 is 0 Å². The van der Waals surface area contributed by atoms with Gasteiger partial charge in [0, 0.05) is 38.3 Å². The van der Waals surface area contributed by atoms with Crippen molar-refractivity contribution in [2.24, 2.45) is 10.9 Å². The highest BCUT2D eigenvalue weighted by Gasteiger charge is 2.35. The van der Waals surface area contributed by atoms with Gasteiger partial charge in [-0.2, -0.15) is 4.91 Å². The Morgan fingerprint density at radius 3 is 2.44 bits per heavy atom. The van der Waals surface area contributed by atoms with Crippen molar-refractivity contribution in [2.75, 3.05) is 32.8 Å². The maximum atomic E-state index is 12.9. The van der Waals surface area contributed by atoms with Gasteiger partial charge in [-0.15, -0.1) is 0 Å². The largest absolute Gasteiger partial charge is 0.484 e. The van der Waals surface area contributed by atoms with Gasteiger partial charge in [0.2, 0.25) is 0 Å². The Bertz CT molecular complexity index is 1020. The molecule has 0 unspecified atom stereocenters. The number of benzene rings is 2. The Morgan fingerprint density at radius 2 is 1.79 bits per heavy atom. The molecule has 0 aromatic heterocycles. The zero-order valence-corrected chi connectivity index (χ0v) is 19.0. The van der Waals surface area contributed by atoms with E-state index in [9.17, 15) is 19.6 Å². The zero-order valence-electron chi connectivity index (χ0n) is 19.0. The van der Waals surface area contributed by atoms with Crippen molar-refractivity contribution >= 4 is 11.8 Å². The number of carbonyl (C=O) groups excluding carboxylic acids is 2. The molecule has 4 rings (SSSR count).